The molecule has 4 aliphatic heterocycles. The number of fused-ring (bicyclic) bond motifs is 1. The number of hydrogen-bond acceptors (Lipinski definition) is 25. The van der Waals surface area contributed by atoms with Crippen LogP contribution in [0.2, 0.25) is 0 Å². The highest BCUT2D eigenvalue weighted by Gasteiger charge is 2.46. The van der Waals surface area contributed by atoms with Crippen molar-refractivity contribution in [3.8, 4) is 39.5 Å². The Bertz CT molecular complexity index is 5660. The van der Waals surface area contributed by atoms with Crippen LogP contribution in [-0.2, 0) is 52.7 Å². The molecule has 2 aliphatic carbocycles. The van der Waals surface area contributed by atoms with Crippen LogP contribution in [0, 0.1) is 35.3 Å². The molecule has 6 aliphatic rings. The van der Waals surface area contributed by atoms with Gasteiger partial charge in [-0.25, -0.2) is 18.4 Å². The number of halogens is 2. The van der Waals surface area contributed by atoms with Crippen molar-refractivity contribution in [2.75, 3.05) is 76.4 Å². The third kappa shape index (κ3) is 27.1. The summed E-state index contributed by atoms with van der Waals surface area (Å²) < 4.78 is 38.0. The second-order valence-electron chi connectivity index (χ2n) is 37.0. The molecular weight excluding hydrogens is 1850 g/mol. The number of para-hydroxylation sites is 1. The third-order valence-electron chi connectivity index (χ3n) is 27.3. The smallest absolute Gasteiger partial charge is 0.248 e. The highest BCUT2D eigenvalue weighted by molar-refractivity contribution is 7.11. The molecule has 0 spiro atoms. The van der Waals surface area contributed by atoms with Crippen LogP contribution in [0.25, 0.3) is 50.2 Å². The zero-order valence-corrected chi connectivity index (χ0v) is 84.0. The van der Waals surface area contributed by atoms with Gasteiger partial charge < -0.3 is 83.2 Å². The lowest BCUT2D eigenvalue weighted by Gasteiger charge is -2.35. The van der Waals surface area contributed by atoms with Crippen LogP contribution in [0.15, 0.2) is 139 Å². The fraction of sp³-hybridized carbons (Fsp3) is 0.515. The number of likely N-dealkylation sites (tertiary alicyclic amines) is 4. The first kappa shape index (κ1) is 107. The zero-order valence-electron chi connectivity index (χ0n) is 81.5. The number of carbonyl (C=O) groups excluding carboxylic acids is 11. The number of nitrogens with one attached hydrogen (secondary N) is 11. The fourth-order valence-corrected chi connectivity index (χ4v) is 20.8. The van der Waals surface area contributed by atoms with E-state index in [-0.39, 0.29) is 119 Å². The SMILES string of the molecule is CC(NCCO)C(=O)N[C@H](C(=O)N1CCC[C@H]1C(=O)Nc1snnc1-c1ccccc1)C1CCCCC1.CC[C@H](C)[C@H](NC(=O)[C@H](C)NC)C(=O)N1CCC[C@H]1c1nc(-c2ccc(F)c3ccccc23)cs1.CN[C@@H](C)C(=O)N[C@H](C(=O)N1CCC[C@H]1C(=O)Nc1ccnn1-c1ccccc1F)C1CCCCC1.CN[C@@H](C)C(=O)N[C@H](C(=O)N1CCC[C@H]1C(=O)Nc1snnc1-c1ccccc1)C(C)C. The van der Waals surface area contributed by atoms with Crippen molar-refractivity contribution in [1.82, 2.24) is 96.1 Å². The minimum Gasteiger partial charge on any atom is -0.395 e. The number of hydrogen-bond donors (Lipinski definition) is 12. The maximum absolute atomic E-state index is 14.3. The molecule has 15 rings (SSSR count). The topological polar surface area (TPSA) is 436 Å². The first-order valence-electron chi connectivity index (χ1n) is 49.0. The summed E-state index contributed by atoms with van der Waals surface area (Å²) in [6.07, 6.45) is 17.6. The van der Waals surface area contributed by atoms with E-state index in [1.807, 2.05) is 117 Å². The lowest BCUT2D eigenvalue weighted by molar-refractivity contribution is -0.142. The molecule has 34 nitrogen and oxygen atoms in total. The van der Waals surface area contributed by atoms with E-state index in [2.05, 4.69) is 82.8 Å². The van der Waals surface area contributed by atoms with Crippen LogP contribution in [0.3, 0.4) is 0 Å². The first-order chi connectivity index (χ1) is 67.6. The van der Waals surface area contributed by atoms with Crippen molar-refractivity contribution < 1.29 is 66.6 Å². The van der Waals surface area contributed by atoms with Crippen molar-refractivity contribution >= 4 is 126 Å². The molecule has 39 heteroatoms. The van der Waals surface area contributed by atoms with Gasteiger partial charge in [0.15, 0.2) is 0 Å². The predicted octanol–water partition coefficient (Wildman–Crippen LogP) is 11.6. The van der Waals surface area contributed by atoms with E-state index in [4.69, 9.17) is 10.1 Å². The van der Waals surface area contributed by atoms with Crippen LogP contribution in [0.4, 0.5) is 24.6 Å². The number of amides is 11. The van der Waals surface area contributed by atoms with Gasteiger partial charge in [-0.2, -0.15) is 5.10 Å². The number of nitrogens with zero attached hydrogens (tertiary/aromatic N) is 11. The maximum atomic E-state index is 14.3. The Kier molecular flexibility index (Phi) is 39.8. The highest BCUT2D eigenvalue weighted by atomic mass is 32.1. The Morgan fingerprint density at radius 1 is 0.457 bits per heavy atom. The normalized spacial score (nSPS) is 19.1. The molecule has 752 valence electrons. The van der Waals surface area contributed by atoms with Crippen LogP contribution in [0.5, 0.6) is 0 Å². The van der Waals surface area contributed by atoms with Gasteiger partial charge >= 0.3 is 0 Å². The summed E-state index contributed by atoms with van der Waals surface area (Å²) in [7, 11) is 5.12. The molecular formula is C101H134F2N22O12S3. The van der Waals surface area contributed by atoms with Crippen molar-refractivity contribution in [3.05, 3.63) is 156 Å². The number of rotatable bonds is 34. The van der Waals surface area contributed by atoms with Gasteiger partial charge in [-0.15, -0.1) is 21.5 Å². The monoisotopic (exact) mass is 1980 g/mol. The number of aliphatic hydroxyl groups excluding tert-OH is 1. The summed E-state index contributed by atoms with van der Waals surface area (Å²) in [4.78, 5) is 157. The molecule has 2 saturated carbocycles. The van der Waals surface area contributed by atoms with E-state index < -0.39 is 66.2 Å². The standard InChI is InChI=1S/C27H33FN4O2S.C26H35FN6O3.C26H36N6O4S.C22H30N6O3S/c1-5-16(2)24(31-25(33)17(3)29-4)27(34)32-14-8-11-23(32)26-30-22(15-35-26)20-12-13-21(28)19-10-7-6-9-18(19)20;1-17(28-2)24(34)31-23(18-9-4-3-5-10-18)26(36)32-16-8-13-21(32)25(35)30-22-14-15-29-33(22)20-12-7-6-11-19(20)27;1-17(27-14-16-33)23(34)28-22(19-11-6-3-7-12-19)26(36)32-15-8-13-20(32)24(35)29-25-21(30-31-37-25)18-9-4-2-5-10-18;1-13(2)17(24-19(29)14(3)23-4)22(31)28-12-8-11-16(28)20(30)25-21-18(26-27-32-21)15-9-6-5-7-10-15/h6-7,9-10,12-13,15-17,23-24,29H,5,8,11,14H2,1-4H3,(H,31,33);6-7,11-12,14-15,17-18,21,23,28H,3-5,8-10,13,16H2,1-2H3,(H,30,35)(H,31,34);2,4-5,9-10,17,19-20,22,27,33H,3,6-8,11-16H2,1H3,(H,28,34)(H,29,35);5-7,9-10,13-14,16-17,23H,8,11-12H2,1-4H3,(H,24,29)(H,25,30)/t16-,17-,23-,24-;17-,21-,23-;17?,20-,22-;14-,16-,17-/m0000/s1. The van der Waals surface area contributed by atoms with E-state index in [9.17, 15) is 61.5 Å². The molecule has 0 radical (unpaired) electrons. The highest BCUT2D eigenvalue weighted by Crippen LogP contribution is 2.41. The summed E-state index contributed by atoms with van der Waals surface area (Å²) in [6, 6.07) is 31.1. The third-order valence-corrected chi connectivity index (χ3v) is 29.6. The van der Waals surface area contributed by atoms with Crippen molar-refractivity contribution in [2.24, 2.45) is 23.7 Å². The van der Waals surface area contributed by atoms with E-state index in [1.54, 1.807) is 99.9 Å². The molecule has 8 heterocycles. The molecule has 4 saturated heterocycles. The second kappa shape index (κ2) is 52.1. The molecule has 13 atom stereocenters. The van der Waals surface area contributed by atoms with Crippen LogP contribution < -0.4 is 58.5 Å². The molecule has 0 bridgehead atoms. The second-order valence-corrected chi connectivity index (χ2v) is 39.4. The van der Waals surface area contributed by atoms with Crippen LogP contribution in [0.1, 0.15) is 188 Å². The van der Waals surface area contributed by atoms with Gasteiger partial charge in [0.05, 0.1) is 48.7 Å². The molecule has 12 N–H and O–H groups in total. The number of thiazole rings is 1. The zero-order chi connectivity index (χ0) is 100. The number of likely N-dealkylation sites (N-methyl/N-ethyl adjacent to an activating group) is 3. The van der Waals surface area contributed by atoms with Gasteiger partial charge in [-0.05, 0) is 179 Å². The van der Waals surface area contributed by atoms with Crippen molar-refractivity contribution in [2.45, 2.75) is 250 Å². The van der Waals surface area contributed by atoms with Gasteiger partial charge in [0, 0.05) is 89.3 Å². The molecule has 9 aromatic rings. The number of benzene rings is 5. The van der Waals surface area contributed by atoms with Crippen molar-refractivity contribution in [1.29, 1.82) is 0 Å². The molecule has 5 aromatic carbocycles. The Labute approximate surface area is 828 Å². The van der Waals surface area contributed by atoms with E-state index in [1.165, 1.54) is 34.3 Å². The predicted molar refractivity (Wildman–Crippen MR) is 538 cm³/mol. The number of aromatic nitrogens is 7. The van der Waals surface area contributed by atoms with E-state index >= 15 is 0 Å². The Balaban J connectivity index is 0.000000167. The maximum Gasteiger partial charge on any atom is 0.248 e. The summed E-state index contributed by atoms with van der Waals surface area (Å²) >= 11 is 3.74. The Morgan fingerprint density at radius 2 is 0.900 bits per heavy atom. The van der Waals surface area contributed by atoms with Gasteiger partial charge in [-0.1, -0.05) is 179 Å². The van der Waals surface area contributed by atoms with Gasteiger partial charge in [0.2, 0.25) is 65.0 Å². The Hall–Kier alpha value is -11.9. The molecule has 6 fully saturated rings. The largest absolute Gasteiger partial charge is 0.395 e. The van der Waals surface area contributed by atoms with E-state index in [0.29, 0.717) is 91.0 Å². The van der Waals surface area contributed by atoms with Crippen molar-refractivity contribution in [3.63, 3.8) is 0 Å². The summed E-state index contributed by atoms with van der Waals surface area (Å²) in [6.45, 7) is 17.0. The number of carbonyl (C=O) groups is 11. The van der Waals surface area contributed by atoms with Gasteiger partial charge in [-0.3, -0.25) is 52.7 Å². The van der Waals surface area contributed by atoms with Crippen LogP contribution >= 0.6 is 34.4 Å². The van der Waals surface area contributed by atoms with Gasteiger partial charge in [0.25, 0.3) is 0 Å². The molecule has 1 unspecified atom stereocenters. The molecule has 4 aromatic heterocycles. The summed E-state index contributed by atoms with van der Waals surface area (Å²) in [5.74, 6) is -2.92. The first-order valence-corrected chi connectivity index (χ1v) is 51.4. The average molecular weight is 1980 g/mol. The Morgan fingerprint density at radius 3 is 1.39 bits per heavy atom. The number of anilines is 3. The lowest BCUT2D eigenvalue weighted by atomic mass is 9.83. The summed E-state index contributed by atoms with van der Waals surface area (Å²) in [5.41, 5.74) is 4.81. The summed E-state index contributed by atoms with van der Waals surface area (Å²) in [5, 5.41) is 59.1. The quantitative estimate of drug-likeness (QED) is 0.0178. The minimum atomic E-state index is -0.698. The average Bonchev–Trinajstić information content (AvgIpc) is 1.62. The number of aliphatic hydroxyl groups is 1. The molecule has 11 amide bonds. The minimum absolute atomic E-state index is 0.00851. The van der Waals surface area contributed by atoms with E-state index in [0.717, 1.165) is 152 Å². The van der Waals surface area contributed by atoms with Gasteiger partial charge in [0.1, 0.15) is 91.8 Å². The fourth-order valence-electron chi connectivity index (χ4n) is 18.7. The molecule has 140 heavy (non-hydrogen) atoms. The van der Waals surface area contributed by atoms with Crippen LogP contribution in [-0.4, -0.2) is 251 Å². The lowest BCUT2D eigenvalue weighted by Crippen LogP contribution is -2.58.